The van der Waals surface area contributed by atoms with Crippen molar-refractivity contribution in [3.05, 3.63) is 60.4 Å². The molecule has 6 nitrogen and oxygen atoms in total. The van der Waals surface area contributed by atoms with Crippen molar-refractivity contribution < 1.29 is 18.0 Å². The van der Waals surface area contributed by atoms with Gasteiger partial charge in [-0.05, 0) is 24.6 Å². The lowest BCUT2D eigenvalue weighted by Gasteiger charge is -2.20. The third-order valence-electron chi connectivity index (χ3n) is 5.25. The van der Waals surface area contributed by atoms with E-state index in [1.54, 1.807) is 18.5 Å². The van der Waals surface area contributed by atoms with Crippen LogP contribution in [0.5, 0.6) is 0 Å². The molecule has 2 aromatic heterocycles. The third kappa shape index (κ3) is 3.70. The van der Waals surface area contributed by atoms with Crippen LogP contribution in [0.15, 0.2) is 54.9 Å². The van der Waals surface area contributed by atoms with Crippen molar-refractivity contribution in [2.24, 2.45) is 11.7 Å². The van der Waals surface area contributed by atoms with Crippen molar-refractivity contribution >= 4 is 22.6 Å². The number of aromatic nitrogens is 3. The molecule has 0 bridgehead atoms. The van der Waals surface area contributed by atoms with Crippen molar-refractivity contribution in [1.29, 1.82) is 0 Å². The molecule has 1 aromatic carbocycles. The largest absolute Gasteiger partial charge is 0.416 e. The van der Waals surface area contributed by atoms with Crippen LogP contribution in [-0.2, 0) is 11.0 Å². The molecule has 154 valence electrons. The number of hydrogen-bond acceptors (Lipinski definition) is 5. The number of fused-ring (bicyclic) bond motifs is 1. The second-order valence-corrected chi connectivity index (χ2v) is 7.16. The minimum Gasteiger partial charge on any atom is -0.366 e. The molecule has 1 atom stereocenters. The highest BCUT2D eigenvalue weighted by atomic mass is 19.4. The summed E-state index contributed by atoms with van der Waals surface area (Å²) in [6.07, 6.45) is -0.494. The lowest BCUT2D eigenvalue weighted by Crippen LogP contribution is -2.25. The summed E-state index contributed by atoms with van der Waals surface area (Å²) in [5, 5.41) is 0.769. The zero-order valence-corrected chi connectivity index (χ0v) is 15.9. The number of primary amides is 1. The van der Waals surface area contributed by atoms with E-state index in [0.29, 0.717) is 47.8 Å². The Morgan fingerprint density at radius 1 is 1.17 bits per heavy atom. The summed E-state index contributed by atoms with van der Waals surface area (Å²) in [6, 6.07) is 6.51. The van der Waals surface area contributed by atoms with Crippen LogP contribution >= 0.6 is 0 Å². The Morgan fingerprint density at radius 2 is 1.90 bits per heavy atom. The summed E-state index contributed by atoms with van der Waals surface area (Å²) < 4.78 is 38.6. The predicted molar refractivity (Wildman–Crippen MR) is 106 cm³/mol. The Hall–Kier alpha value is -3.49. The number of pyridine rings is 1. The SMILES string of the molecule is C=C(C(N)=O)C1CCN(c2nc(-c3ccc(C(F)(F)F)cc3)nc3cnccc23)C1. The van der Waals surface area contributed by atoms with Gasteiger partial charge in [0.1, 0.15) is 5.82 Å². The van der Waals surface area contributed by atoms with E-state index < -0.39 is 17.6 Å². The van der Waals surface area contributed by atoms with Crippen LogP contribution in [0.4, 0.5) is 19.0 Å². The van der Waals surface area contributed by atoms with E-state index in [1.165, 1.54) is 12.1 Å². The monoisotopic (exact) mass is 413 g/mol. The molecule has 0 saturated carbocycles. The zero-order chi connectivity index (χ0) is 21.5. The first-order valence-corrected chi connectivity index (χ1v) is 9.27. The van der Waals surface area contributed by atoms with Gasteiger partial charge in [0.15, 0.2) is 5.82 Å². The molecule has 1 amide bonds. The summed E-state index contributed by atoms with van der Waals surface area (Å²) in [7, 11) is 0. The number of carbonyl (C=O) groups is 1. The van der Waals surface area contributed by atoms with Crippen molar-refractivity contribution in [2.75, 3.05) is 18.0 Å². The number of nitrogens with two attached hydrogens (primary N) is 1. The fraction of sp³-hybridized carbons (Fsp3) is 0.238. The fourth-order valence-electron chi connectivity index (χ4n) is 3.58. The number of hydrogen-bond donors (Lipinski definition) is 1. The van der Waals surface area contributed by atoms with E-state index in [4.69, 9.17) is 5.73 Å². The maximum atomic E-state index is 12.9. The molecule has 4 rings (SSSR count). The molecule has 3 aromatic rings. The van der Waals surface area contributed by atoms with Crippen LogP contribution in [0.25, 0.3) is 22.3 Å². The number of alkyl halides is 3. The highest BCUT2D eigenvalue weighted by Gasteiger charge is 2.31. The van der Waals surface area contributed by atoms with Gasteiger partial charge in [0.05, 0.1) is 17.3 Å². The summed E-state index contributed by atoms with van der Waals surface area (Å²) in [6.45, 7) is 4.94. The highest BCUT2D eigenvalue weighted by Crippen LogP contribution is 2.34. The smallest absolute Gasteiger partial charge is 0.366 e. The third-order valence-corrected chi connectivity index (χ3v) is 5.25. The van der Waals surface area contributed by atoms with E-state index in [0.717, 1.165) is 17.5 Å². The number of nitrogens with zero attached hydrogens (tertiary/aromatic N) is 4. The normalized spacial score (nSPS) is 16.8. The molecular formula is C21H18F3N5O. The van der Waals surface area contributed by atoms with E-state index in [-0.39, 0.29) is 5.92 Å². The molecule has 1 fully saturated rings. The standard InChI is InChI=1S/C21H18F3N5O/c1-12(18(25)30)14-7-9-29(11-14)20-16-6-8-26-10-17(16)27-19(28-20)13-2-4-15(5-3-13)21(22,23)24/h2-6,8,10,14H,1,7,9,11H2,(H2,25,30). The first-order valence-electron chi connectivity index (χ1n) is 9.27. The van der Waals surface area contributed by atoms with E-state index in [9.17, 15) is 18.0 Å². The molecule has 30 heavy (non-hydrogen) atoms. The molecule has 9 heteroatoms. The average molecular weight is 413 g/mol. The number of carbonyl (C=O) groups excluding carboxylic acids is 1. The second kappa shape index (κ2) is 7.40. The Balaban J connectivity index is 1.74. The van der Waals surface area contributed by atoms with Gasteiger partial charge in [-0.15, -0.1) is 0 Å². The molecule has 0 radical (unpaired) electrons. The van der Waals surface area contributed by atoms with Gasteiger partial charge in [0.2, 0.25) is 5.91 Å². The first-order chi connectivity index (χ1) is 14.2. The predicted octanol–water partition coefficient (Wildman–Crippen LogP) is 3.58. The summed E-state index contributed by atoms with van der Waals surface area (Å²) >= 11 is 0. The van der Waals surface area contributed by atoms with Crippen LogP contribution in [0.2, 0.25) is 0 Å². The van der Waals surface area contributed by atoms with Gasteiger partial charge in [0, 0.05) is 41.7 Å². The maximum Gasteiger partial charge on any atom is 0.416 e. The van der Waals surface area contributed by atoms with E-state index >= 15 is 0 Å². The number of halogens is 3. The summed E-state index contributed by atoms with van der Waals surface area (Å²) in [5.41, 5.74) is 6.05. The first kappa shape index (κ1) is 19.8. The quantitative estimate of drug-likeness (QED) is 0.661. The molecular weight excluding hydrogens is 395 g/mol. The van der Waals surface area contributed by atoms with Gasteiger partial charge >= 0.3 is 6.18 Å². The van der Waals surface area contributed by atoms with Crippen LogP contribution < -0.4 is 10.6 Å². The summed E-state index contributed by atoms with van der Waals surface area (Å²) in [4.78, 5) is 26.7. The minimum absolute atomic E-state index is 0.0797. The average Bonchev–Trinajstić information content (AvgIpc) is 3.21. The van der Waals surface area contributed by atoms with Crippen LogP contribution in [-0.4, -0.2) is 33.9 Å². The molecule has 2 N–H and O–H groups in total. The van der Waals surface area contributed by atoms with Gasteiger partial charge < -0.3 is 10.6 Å². The van der Waals surface area contributed by atoms with Crippen molar-refractivity contribution in [3.8, 4) is 11.4 Å². The molecule has 1 unspecified atom stereocenters. The Kier molecular flexibility index (Phi) is 4.89. The molecule has 1 aliphatic rings. The number of benzene rings is 1. The Bertz CT molecular complexity index is 1130. The number of amides is 1. The van der Waals surface area contributed by atoms with E-state index in [1.807, 2.05) is 4.90 Å². The topological polar surface area (TPSA) is 85.0 Å². The molecule has 3 heterocycles. The maximum absolute atomic E-state index is 12.9. The number of rotatable bonds is 4. The van der Waals surface area contributed by atoms with Gasteiger partial charge in [-0.3, -0.25) is 9.78 Å². The van der Waals surface area contributed by atoms with Crippen molar-refractivity contribution in [1.82, 2.24) is 15.0 Å². The van der Waals surface area contributed by atoms with Gasteiger partial charge in [-0.1, -0.05) is 18.7 Å². The van der Waals surface area contributed by atoms with Crippen LogP contribution in [0, 0.1) is 5.92 Å². The fourth-order valence-corrected chi connectivity index (χ4v) is 3.58. The Labute approximate surface area is 170 Å². The van der Waals surface area contributed by atoms with Crippen LogP contribution in [0.1, 0.15) is 12.0 Å². The zero-order valence-electron chi connectivity index (χ0n) is 15.9. The highest BCUT2D eigenvalue weighted by molar-refractivity contribution is 5.93. The van der Waals surface area contributed by atoms with Crippen molar-refractivity contribution in [3.63, 3.8) is 0 Å². The lowest BCUT2D eigenvalue weighted by atomic mass is 9.99. The minimum atomic E-state index is -4.41. The molecule has 0 aliphatic carbocycles. The van der Waals surface area contributed by atoms with Gasteiger partial charge in [-0.2, -0.15) is 13.2 Å². The molecule has 1 saturated heterocycles. The Morgan fingerprint density at radius 3 is 2.57 bits per heavy atom. The second-order valence-electron chi connectivity index (χ2n) is 7.16. The van der Waals surface area contributed by atoms with Gasteiger partial charge in [0.25, 0.3) is 0 Å². The van der Waals surface area contributed by atoms with Crippen molar-refractivity contribution in [2.45, 2.75) is 12.6 Å². The van der Waals surface area contributed by atoms with Gasteiger partial charge in [-0.25, -0.2) is 9.97 Å². The summed E-state index contributed by atoms with van der Waals surface area (Å²) in [5.74, 6) is 0.335. The van der Waals surface area contributed by atoms with Crippen LogP contribution in [0.3, 0.4) is 0 Å². The molecule has 1 aliphatic heterocycles. The molecule has 0 spiro atoms. The lowest BCUT2D eigenvalue weighted by molar-refractivity contribution is -0.137. The number of anilines is 1. The van der Waals surface area contributed by atoms with E-state index in [2.05, 4.69) is 21.5 Å².